The van der Waals surface area contributed by atoms with Crippen molar-refractivity contribution in [1.82, 2.24) is 14.7 Å². The van der Waals surface area contributed by atoms with E-state index in [2.05, 4.69) is 11.2 Å². The number of fused-ring (bicyclic) bond motifs is 2. The zero-order valence-electron chi connectivity index (χ0n) is 13.4. The van der Waals surface area contributed by atoms with E-state index in [0.29, 0.717) is 18.5 Å². The van der Waals surface area contributed by atoms with Crippen LogP contribution in [0.25, 0.3) is 10.9 Å². The first-order chi connectivity index (χ1) is 11.6. The van der Waals surface area contributed by atoms with Gasteiger partial charge in [0.1, 0.15) is 0 Å². The van der Waals surface area contributed by atoms with Crippen molar-refractivity contribution in [3.63, 3.8) is 0 Å². The molecule has 0 saturated carbocycles. The number of amides is 1. The quantitative estimate of drug-likeness (QED) is 0.690. The largest absolute Gasteiger partial charge is 0.332 e. The van der Waals surface area contributed by atoms with Crippen molar-refractivity contribution in [3.05, 3.63) is 75.6 Å². The summed E-state index contributed by atoms with van der Waals surface area (Å²) in [7, 11) is 1.75. The van der Waals surface area contributed by atoms with Gasteiger partial charge in [-0.25, -0.2) is 0 Å². The SMILES string of the molecule is Cn1nc(C(=O)N2CCc3ccccc3C2)c(=O)c2ccccc21. The van der Waals surface area contributed by atoms with Gasteiger partial charge in [0.2, 0.25) is 5.43 Å². The molecule has 0 spiro atoms. The van der Waals surface area contributed by atoms with Crippen LogP contribution < -0.4 is 5.43 Å². The van der Waals surface area contributed by atoms with E-state index in [1.165, 1.54) is 5.56 Å². The zero-order chi connectivity index (χ0) is 16.7. The minimum absolute atomic E-state index is 0.00409. The molecule has 24 heavy (non-hydrogen) atoms. The fourth-order valence-corrected chi connectivity index (χ4v) is 3.28. The Labute approximate surface area is 139 Å². The maximum atomic E-state index is 12.9. The number of carbonyl (C=O) groups excluding carboxylic acids is 1. The standard InChI is InChI=1S/C19H17N3O2/c1-21-16-9-5-4-8-15(16)18(23)17(20-21)19(24)22-11-10-13-6-2-3-7-14(13)12-22/h2-9H,10-12H2,1H3. The molecule has 120 valence electrons. The van der Waals surface area contributed by atoms with E-state index in [1.807, 2.05) is 30.3 Å². The van der Waals surface area contributed by atoms with E-state index in [-0.39, 0.29) is 17.0 Å². The molecule has 0 fully saturated rings. The van der Waals surface area contributed by atoms with Gasteiger partial charge >= 0.3 is 0 Å². The van der Waals surface area contributed by atoms with E-state index in [9.17, 15) is 9.59 Å². The molecule has 0 saturated heterocycles. The number of hydrogen-bond acceptors (Lipinski definition) is 3. The van der Waals surface area contributed by atoms with Crippen LogP contribution in [0, 0.1) is 0 Å². The smallest absolute Gasteiger partial charge is 0.278 e. The second kappa shape index (κ2) is 5.60. The molecule has 2 heterocycles. The number of aromatic nitrogens is 2. The summed E-state index contributed by atoms with van der Waals surface area (Å²) in [6, 6.07) is 15.3. The minimum Gasteiger partial charge on any atom is -0.332 e. The molecule has 0 N–H and O–H groups in total. The van der Waals surface area contributed by atoms with Crippen molar-refractivity contribution in [2.75, 3.05) is 6.54 Å². The van der Waals surface area contributed by atoms with Crippen LogP contribution in [0.5, 0.6) is 0 Å². The number of carbonyl (C=O) groups is 1. The van der Waals surface area contributed by atoms with Gasteiger partial charge in [-0.15, -0.1) is 0 Å². The lowest BCUT2D eigenvalue weighted by atomic mass is 9.99. The predicted octanol–water partition coefficient (Wildman–Crippen LogP) is 2.13. The molecule has 1 aromatic heterocycles. The Balaban J connectivity index is 1.75. The van der Waals surface area contributed by atoms with Crippen molar-refractivity contribution < 1.29 is 4.79 Å². The minimum atomic E-state index is -0.299. The summed E-state index contributed by atoms with van der Waals surface area (Å²) in [6.07, 6.45) is 0.801. The number of rotatable bonds is 1. The summed E-state index contributed by atoms with van der Waals surface area (Å²) in [5.41, 5.74) is 2.82. The number of nitrogens with zero attached hydrogens (tertiary/aromatic N) is 3. The predicted molar refractivity (Wildman–Crippen MR) is 91.9 cm³/mol. The van der Waals surface area contributed by atoms with Gasteiger partial charge < -0.3 is 4.90 Å². The molecular weight excluding hydrogens is 302 g/mol. The molecule has 0 aliphatic carbocycles. The molecular formula is C19H17N3O2. The van der Waals surface area contributed by atoms with Crippen LogP contribution in [0.1, 0.15) is 21.6 Å². The molecule has 3 aromatic rings. The van der Waals surface area contributed by atoms with Crippen LogP contribution in [0.4, 0.5) is 0 Å². The van der Waals surface area contributed by atoms with Crippen molar-refractivity contribution in [1.29, 1.82) is 0 Å². The second-order valence-corrected chi connectivity index (χ2v) is 6.06. The molecule has 1 aliphatic heterocycles. The molecule has 4 rings (SSSR count). The average Bonchev–Trinajstić information content (AvgIpc) is 2.64. The summed E-state index contributed by atoms with van der Waals surface area (Å²) in [5.74, 6) is -0.296. The van der Waals surface area contributed by atoms with Crippen LogP contribution in [0.3, 0.4) is 0 Å². The Bertz CT molecular complexity index is 1010. The van der Waals surface area contributed by atoms with E-state index in [4.69, 9.17) is 0 Å². The summed E-state index contributed by atoms with van der Waals surface area (Å²) >= 11 is 0. The molecule has 1 aliphatic rings. The lowest BCUT2D eigenvalue weighted by Crippen LogP contribution is -2.39. The molecule has 5 nitrogen and oxygen atoms in total. The lowest BCUT2D eigenvalue weighted by molar-refractivity contribution is 0.0725. The maximum absolute atomic E-state index is 12.9. The van der Waals surface area contributed by atoms with E-state index in [1.54, 1.807) is 28.8 Å². The number of para-hydroxylation sites is 1. The summed E-state index contributed by atoms with van der Waals surface area (Å²) < 4.78 is 1.60. The monoisotopic (exact) mass is 319 g/mol. The van der Waals surface area contributed by atoms with Crippen LogP contribution in [-0.2, 0) is 20.0 Å². The summed E-state index contributed by atoms with van der Waals surface area (Å²) in [5, 5.41) is 4.77. The van der Waals surface area contributed by atoms with Gasteiger partial charge in [-0.1, -0.05) is 36.4 Å². The molecule has 1 amide bonds. The highest BCUT2D eigenvalue weighted by Gasteiger charge is 2.25. The number of aryl methyl sites for hydroxylation is 1. The highest BCUT2D eigenvalue weighted by Crippen LogP contribution is 2.19. The Hall–Kier alpha value is -2.95. The third-order valence-corrected chi connectivity index (χ3v) is 4.58. The molecule has 5 heteroatoms. The van der Waals surface area contributed by atoms with Gasteiger partial charge in [-0.05, 0) is 29.7 Å². The van der Waals surface area contributed by atoms with Crippen molar-refractivity contribution in [3.8, 4) is 0 Å². The lowest BCUT2D eigenvalue weighted by Gasteiger charge is -2.28. The second-order valence-electron chi connectivity index (χ2n) is 6.06. The first-order valence-electron chi connectivity index (χ1n) is 7.97. The number of hydrogen-bond donors (Lipinski definition) is 0. The van der Waals surface area contributed by atoms with Gasteiger partial charge in [0.05, 0.1) is 5.52 Å². The number of benzene rings is 2. The van der Waals surface area contributed by atoms with Crippen molar-refractivity contribution in [2.24, 2.45) is 7.05 Å². The fourth-order valence-electron chi connectivity index (χ4n) is 3.28. The van der Waals surface area contributed by atoms with Crippen LogP contribution >= 0.6 is 0 Å². The van der Waals surface area contributed by atoms with Gasteiger partial charge in [-0.2, -0.15) is 5.10 Å². The van der Waals surface area contributed by atoms with Crippen molar-refractivity contribution >= 4 is 16.8 Å². The van der Waals surface area contributed by atoms with Gasteiger partial charge in [0, 0.05) is 25.5 Å². The Kier molecular flexibility index (Phi) is 3.41. The summed E-state index contributed by atoms with van der Waals surface area (Å²) in [6.45, 7) is 1.13. The van der Waals surface area contributed by atoms with Gasteiger partial charge in [0.25, 0.3) is 5.91 Å². The third-order valence-electron chi connectivity index (χ3n) is 4.58. The normalized spacial score (nSPS) is 13.8. The van der Waals surface area contributed by atoms with Gasteiger partial charge in [0.15, 0.2) is 5.69 Å². The molecule has 2 aromatic carbocycles. The highest BCUT2D eigenvalue weighted by atomic mass is 16.2. The van der Waals surface area contributed by atoms with Crippen LogP contribution in [0.15, 0.2) is 53.3 Å². The van der Waals surface area contributed by atoms with E-state index < -0.39 is 0 Å². The third kappa shape index (κ3) is 2.29. The van der Waals surface area contributed by atoms with E-state index in [0.717, 1.165) is 17.5 Å². The summed E-state index contributed by atoms with van der Waals surface area (Å²) in [4.78, 5) is 27.3. The van der Waals surface area contributed by atoms with Gasteiger partial charge in [-0.3, -0.25) is 14.3 Å². The highest BCUT2D eigenvalue weighted by molar-refractivity contribution is 5.95. The molecule has 0 bridgehead atoms. The Morgan fingerprint density at radius 1 is 1.04 bits per heavy atom. The van der Waals surface area contributed by atoms with Crippen molar-refractivity contribution in [2.45, 2.75) is 13.0 Å². The first-order valence-corrected chi connectivity index (χ1v) is 7.97. The first kappa shape index (κ1) is 14.6. The topological polar surface area (TPSA) is 55.2 Å². The Morgan fingerprint density at radius 3 is 2.58 bits per heavy atom. The molecule has 0 unspecified atom stereocenters. The molecule has 0 atom stereocenters. The van der Waals surface area contributed by atoms with Crippen LogP contribution in [-0.4, -0.2) is 27.1 Å². The van der Waals surface area contributed by atoms with E-state index >= 15 is 0 Å². The zero-order valence-corrected chi connectivity index (χ0v) is 13.4. The fraction of sp³-hybridized carbons (Fsp3) is 0.211. The van der Waals surface area contributed by atoms with Crippen LogP contribution in [0.2, 0.25) is 0 Å². The maximum Gasteiger partial charge on any atom is 0.278 e. The molecule has 0 radical (unpaired) electrons. The average molecular weight is 319 g/mol. The Morgan fingerprint density at radius 2 is 1.75 bits per heavy atom.